The molecule has 0 bridgehead atoms. The molecular formula is C13H17N3S. The fourth-order valence-corrected chi connectivity index (χ4v) is 2.51. The zero-order chi connectivity index (χ0) is 12.3. The van der Waals surface area contributed by atoms with E-state index in [0.717, 1.165) is 22.9 Å². The molecule has 0 aliphatic rings. The van der Waals surface area contributed by atoms with Crippen molar-refractivity contribution in [3.63, 3.8) is 0 Å². The molecule has 0 fully saturated rings. The van der Waals surface area contributed by atoms with Crippen LogP contribution in [-0.4, -0.2) is 16.5 Å². The Kier molecular flexibility index (Phi) is 3.86. The van der Waals surface area contributed by atoms with Gasteiger partial charge in [-0.25, -0.2) is 9.97 Å². The molecule has 0 saturated carbocycles. The number of rotatable bonds is 4. The summed E-state index contributed by atoms with van der Waals surface area (Å²) in [7, 11) is 0. The minimum absolute atomic E-state index is 0.303. The van der Waals surface area contributed by atoms with Crippen LogP contribution in [-0.2, 0) is 0 Å². The highest BCUT2D eigenvalue weighted by atomic mass is 32.1. The number of aryl methyl sites for hydroxylation is 1. The topological polar surface area (TPSA) is 37.8 Å². The lowest BCUT2D eigenvalue weighted by atomic mass is 10.1. The zero-order valence-electron chi connectivity index (χ0n) is 10.4. The molecule has 0 amide bonds. The van der Waals surface area contributed by atoms with Crippen LogP contribution >= 0.6 is 11.3 Å². The van der Waals surface area contributed by atoms with Crippen molar-refractivity contribution < 1.29 is 0 Å². The van der Waals surface area contributed by atoms with E-state index in [1.165, 1.54) is 5.56 Å². The van der Waals surface area contributed by atoms with E-state index in [0.29, 0.717) is 6.04 Å². The summed E-state index contributed by atoms with van der Waals surface area (Å²) in [5, 5.41) is 5.42. The Morgan fingerprint density at radius 3 is 2.88 bits per heavy atom. The number of aromatic nitrogens is 2. The summed E-state index contributed by atoms with van der Waals surface area (Å²) in [6, 6.07) is 4.37. The molecule has 0 aromatic carbocycles. The maximum Gasteiger partial charge on any atom is 0.169 e. The molecule has 3 nitrogen and oxygen atoms in total. The molecule has 90 valence electrons. The largest absolute Gasteiger partial charge is 0.310 e. The van der Waals surface area contributed by atoms with Crippen molar-refractivity contribution in [3.05, 3.63) is 35.0 Å². The fraction of sp³-hybridized carbons (Fsp3) is 0.385. The van der Waals surface area contributed by atoms with Gasteiger partial charge in [-0.15, -0.1) is 11.3 Å². The summed E-state index contributed by atoms with van der Waals surface area (Å²) in [4.78, 5) is 10.1. The summed E-state index contributed by atoms with van der Waals surface area (Å²) in [5.74, 6) is 0.824. The average Bonchev–Trinajstić information content (AvgIpc) is 2.82. The number of nitrogens with zero attached hydrogens (tertiary/aromatic N) is 2. The highest BCUT2D eigenvalue weighted by molar-refractivity contribution is 7.13. The van der Waals surface area contributed by atoms with Gasteiger partial charge in [0.2, 0.25) is 0 Å². The third-order valence-corrected chi connectivity index (χ3v) is 3.60. The first-order valence-electron chi connectivity index (χ1n) is 5.83. The monoisotopic (exact) mass is 247 g/mol. The molecule has 2 rings (SSSR count). The molecule has 2 heterocycles. The molecule has 2 aromatic rings. The molecule has 0 saturated heterocycles. The van der Waals surface area contributed by atoms with Crippen molar-refractivity contribution >= 4 is 11.3 Å². The number of thiophene rings is 1. The second kappa shape index (κ2) is 5.38. The fourth-order valence-electron chi connectivity index (χ4n) is 1.84. The molecular weight excluding hydrogens is 230 g/mol. The second-order valence-corrected chi connectivity index (χ2v) is 4.94. The van der Waals surface area contributed by atoms with E-state index < -0.39 is 0 Å². The van der Waals surface area contributed by atoms with Gasteiger partial charge in [0.25, 0.3) is 0 Å². The van der Waals surface area contributed by atoms with Crippen molar-refractivity contribution in [2.75, 3.05) is 6.54 Å². The lowest BCUT2D eigenvalue weighted by molar-refractivity contribution is 0.590. The molecule has 4 heteroatoms. The van der Waals surface area contributed by atoms with Crippen LogP contribution in [0.25, 0.3) is 10.7 Å². The van der Waals surface area contributed by atoms with E-state index in [2.05, 4.69) is 29.1 Å². The van der Waals surface area contributed by atoms with Crippen molar-refractivity contribution in [1.29, 1.82) is 0 Å². The lowest BCUT2D eigenvalue weighted by Gasteiger charge is -2.14. The predicted octanol–water partition coefficient (Wildman–Crippen LogP) is 3.18. The number of hydrogen-bond donors (Lipinski definition) is 1. The van der Waals surface area contributed by atoms with Crippen LogP contribution in [0.1, 0.15) is 31.1 Å². The van der Waals surface area contributed by atoms with Gasteiger partial charge in [-0.1, -0.05) is 13.0 Å². The van der Waals surface area contributed by atoms with Crippen LogP contribution in [0.4, 0.5) is 0 Å². The smallest absolute Gasteiger partial charge is 0.169 e. The zero-order valence-corrected chi connectivity index (χ0v) is 11.2. The van der Waals surface area contributed by atoms with E-state index in [-0.39, 0.29) is 0 Å². The van der Waals surface area contributed by atoms with Gasteiger partial charge in [-0.2, -0.15) is 0 Å². The molecule has 17 heavy (non-hydrogen) atoms. The van der Waals surface area contributed by atoms with Crippen LogP contribution < -0.4 is 5.32 Å². The minimum atomic E-state index is 0.303. The molecule has 0 aliphatic heterocycles. The molecule has 1 N–H and O–H groups in total. The Balaban J connectivity index is 2.29. The van der Waals surface area contributed by atoms with Crippen LogP contribution in [0.15, 0.2) is 23.7 Å². The Hall–Kier alpha value is -1.26. The first-order valence-corrected chi connectivity index (χ1v) is 6.71. The van der Waals surface area contributed by atoms with Crippen LogP contribution in [0.5, 0.6) is 0 Å². The van der Waals surface area contributed by atoms with Crippen LogP contribution in [0.3, 0.4) is 0 Å². The molecule has 1 atom stereocenters. The van der Waals surface area contributed by atoms with Crippen molar-refractivity contribution in [2.45, 2.75) is 26.8 Å². The third-order valence-electron chi connectivity index (χ3n) is 2.74. The second-order valence-electron chi connectivity index (χ2n) is 3.99. The first-order chi connectivity index (χ1) is 8.22. The minimum Gasteiger partial charge on any atom is -0.310 e. The van der Waals surface area contributed by atoms with Gasteiger partial charge in [0.05, 0.1) is 4.88 Å². The van der Waals surface area contributed by atoms with E-state index in [1.54, 1.807) is 11.3 Å². The van der Waals surface area contributed by atoms with Gasteiger partial charge in [-0.3, -0.25) is 0 Å². The molecule has 1 unspecified atom stereocenters. The van der Waals surface area contributed by atoms with Gasteiger partial charge in [0.1, 0.15) is 0 Å². The summed E-state index contributed by atoms with van der Waals surface area (Å²) in [6.07, 6.45) is 1.94. The van der Waals surface area contributed by atoms with Gasteiger partial charge < -0.3 is 5.32 Å². The van der Waals surface area contributed by atoms with Crippen molar-refractivity contribution in [2.24, 2.45) is 0 Å². The van der Waals surface area contributed by atoms with Gasteiger partial charge in [-0.05, 0) is 31.8 Å². The SMILES string of the molecule is CCNC(C)c1cnc(-c2cccs2)nc1C. The van der Waals surface area contributed by atoms with E-state index >= 15 is 0 Å². The molecule has 0 spiro atoms. The van der Waals surface area contributed by atoms with Gasteiger partial charge in [0, 0.05) is 23.5 Å². The quantitative estimate of drug-likeness (QED) is 0.901. The Bertz CT molecular complexity index is 479. The number of nitrogens with one attached hydrogen (secondary N) is 1. The molecule has 2 aromatic heterocycles. The van der Waals surface area contributed by atoms with Gasteiger partial charge in [0.15, 0.2) is 5.82 Å². The first kappa shape index (κ1) is 12.2. The maximum absolute atomic E-state index is 4.58. The highest BCUT2D eigenvalue weighted by Gasteiger charge is 2.10. The van der Waals surface area contributed by atoms with Crippen molar-refractivity contribution in [1.82, 2.24) is 15.3 Å². The van der Waals surface area contributed by atoms with Crippen LogP contribution in [0.2, 0.25) is 0 Å². The van der Waals surface area contributed by atoms with Gasteiger partial charge >= 0.3 is 0 Å². The summed E-state index contributed by atoms with van der Waals surface area (Å²) < 4.78 is 0. The predicted molar refractivity (Wildman–Crippen MR) is 72.2 cm³/mol. The molecule has 0 radical (unpaired) electrons. The van der Waals surface area contributed by atoms with E-state index in [1.807, 2.05) is 30.6 Å². The lowest BCUT2D eigenvalue weighted by Crippen LogP contribution is -2.19. The Labute approximate surface area is 106 Å². The average molecular weight is 247 g/mol. The molecule has 0 aliphatic carbocycles. The van der Waals surface area contributed by atoms with E-state index in [4.69, 9.17) is 0 Å². The van der Waals surface area contributed by atoms with E-state index in [9.17, 15) is 0 Å². The third kappa shape index (κ3) is 2.70. The Morgan fingerprint density at radius 2 is 2.29 bits per heavy atom. The summed E-state index contributed by atoms with van der Waals surface area (Å²) in [6.45, 7) is 7.24. The maximum atomic E-state index is 4.58. The Morgan fingerprint density at radius 1 is 1.47 bits per heavy atom. The highest BCUT2D eigenvalue weighted by Crippen LogP contribution is 2.23. The van der Waals surface area contributed by atoms with Crippen molar-refractivity contribution in [3.8, 4) is 10.7 Å². The normalized spacial score (nSPS) is 12.6. The number of hydrogen-bond acceptors (Lipinski definition) is 4. The standard InChI is InChI=1S/C13H17N3S/c1-4-14-9(2)11-8-15-13(16-10(11)3)12-6-5-7-17-12/h5-9,14H,4H2,1-3H3. The summed E-state index contributed by atoms with van der Waals surface area (Å²) in [5.41, 5.74) is 2.23. The summed E-state index contributed by atoms with van der Waals surface area (Å²) >= 11 is 1.67. The van der Waals surface area contributed by atoms with Crippen LogP contribution in [0, 0.1) is 6.92 Å².